The zero-order valence-corrected chi connectivity index (χ0v) is 16.2. The van der Waals surface area contributed by atoms with Gasteiger partial charge < -0.3 is 10.6 Å². The summed E-state index contributed by atoms with van der Waals surface area (Å²) in [6.07, 6.45) is 3.05. The molecule has 0 aliphatic carbocycles. The van der Waals surface area contributed by atoms with Crippen molar-refractivity contribution in [3.63, 3.8) is 0 Å². The van der Waals surface area contributed by atoms with Crippen LogP contribution in [0.2, 0.25) is 0 Å². The largest absolute Gasteiger partial charge is 0.347 e. The predicted octanol–water partition coefficient (Wildman–Crippen LogP) is 3.20. The molecule has 0 aromatic carbocycles. The Hall–Kier alpha value is -2.76. The highest BCUT2D eigenvalue weighted by Gasteiger charge is 2.17. The van der Waals surface area contributed by atoms with Crippen molar-refractivity contribution in [2.24, 2.45) is 0 Å². The molecule has 0 fully saturated rings. The first-order chi connectivity index (χ1) is 11.9. The summed E-state index contributed by atoms with van der Waals surface area (Å²) in [4.78, 5) is 32.9. The molecule has 2 aromatic rings. The molecule has 0 spiro atoms. The van der Waals surface area contributed by atoms with Crippen molar-refractivity contribution >= 4 is 11.8 Å². The van der Waals surface area contributed by atoms with Crippen LogP contribution in [0.25, 0.3) is 11.4 Å². The SMILES string of the molecule is CC(C)(C)NC(=O)c1ccc(-c2ccc(C(=O)NC(C)(C)C)cn2)nc1. The van der Waals surface area contributed by atoms with E-state index in [4.69, 9.17) is 0 Å². The van der Waals surface area contributed by atoms with Gasteiger partial charge in [0.2, 0.25) is 0 Å². The molecule has 0 bridgehead atoms. The highest BCUT2D eigenvalue weighted by Crippen LogP contribution is 2.16. The molecular weight excluding hydrogens is 328 g/mol. The fraction of sp³-hybridized carbons (Fsp3) is 0.400. The van der Waals surface area contributed by atoms with Crippen LogP contribution in [-0.2, 0) is 0 Å². The van der Waals surface area contributed by atoms with Gasteiger partial charge in [0.25, 0.3) is 11.8 Å². The van der Waals surface area contributed by atoms with Gasteiger partial charge in [0.15, 0.2) is 0 Å². The second kappa shape index (κ2) is 7.23. The summed E-state index contributed by atoms with van der Waals surface area (Å²) in [6.45, 7) is 11.5. The van der Waals surface area contributed by atoms with Crippen LogP contribution in [0.5, 0.6) is 0 Å². The molecule has 0 aliphatic rings. The first kappa shape index (κ1) is 19.6. The van der Waals surface area contributed by atoms with E-state index < -0.39 is 0 Å². The second-order valence-electron chi connectivity index (χ2n) is 8.27. The third-order valence-electron chi connectivity index (χ3n) is 3.29. The molecule has 0 unspecified atom stereocenters. The topological polar surface area (TPSA) is 84.0 Å². The maximum atomic E-state index is 12.1. The van der Waals surface area contributed by atoms with E-state index in [1.54, 1.807) is 24.3 Å². The van der Waals surface area contributed by atoms with Crippen molar-refractivity contribution in [2.75, 3.05) is 0 Å². The highest BCUT2D eigenvalue weighted by molar-refractivity contribution is 5.95. The number of rotatable bonds is 3. The number of carbonyl (C=O) groups is 2. The van der Waals surface area contributed by atoms with Gasteiger partial charge in [-0.25, -0.2) is 0 Å². The Kier molecular flexibility index (Phi) is 5.44. The maximum Gasteiger partial charge on any atom is 0.253 e. The average Bonchev–Trinajstić information content (AvgIpc) is 2.52. The Morgan fingerprint density at radius 2 is 1.04 bits per heavy atom. The lowest BCUT2D eigenvalue weighted by Crippen LogP contribution is -2.40. The summed E-state index contributed by atoms with van der Waals surface area (Å²) in [5.41, 5.74) is 1.65. The summed E-state index contributed by atoms with van der Waals surface area (Å²) in [6, 6.07) is 6.92. The van der Waals surface area contributed by atoms with Crippen LogP contribution in [-0.4, -0.2) is 32.9 Å². The molecule has 0 saturated heterocycles. The lowest BCUT2D eigenvalue weighted by atomic mass is 10.1. The quantitative estimate of drug-likeness (QED) is 0.886. The summed E-state index contributed by atoms with van der Waals surface area (Å²) in [5.74, 6) is -0.336. The monoisotopic (exact) mass is 354 g/mol. The molecular formula is C20H26N4O2. The van der Waals surface area contributed by atoms with E-state index in [-0.39, 0.29) is 22.9 Å². The van der Waals surface area contributed by atoms with Crippen LogP contribution in [0.15, 0.2) is 36.7 Å². The van der Waals surface area contributed by atoms with E-state index in [2.05, 4.69) is 20.6 Å². The molecule has 0 atom stereocenters. The van der Waals surface area contributed by atoms with E-state index in [9.17, 15) is 9.59 Å². The molecule has 0 saturated carbocycles. The molecule has 26 heavy (non-hydrogen) atoms. The van der Waals surface area contributed by atoms with Crippen LogP contribution in [0, 0.1) is 0 Å². The van der Waals surface area contributed by atoms with E-state index in [0.717, 1.165) is 0 Å². The molecule has 2 N–H and O–H groups in total. The third-order valence-corrected chi connectivity index (χ3v) is 3.29. The van der Waals surface area contributed by atoms with E-state index in [1.165, 1.54) is 12.4 Å². The molecule has 2 aromatic heterocycles. The molecule has 138 valence electrons. The van der Waals surface area contributed by atoms with Crippen molar-refractivity contribution in [3.8, 4) is 11.4 Å². The average molecular weight is 354 g/mol. The number of aromatic nitrogens is 2. The Labute approximate surface area is 154 Å². The minimum atomic E-state index is -0.305. The minimum Gasteiger partial charge on any atom is -0.347 e. The van der Waals surface area contributed by atoms with Crippen LogP contribution in [0.4, 0.5) is 0 Å². The lowest BCUT2D eigenvalue weighted by Gasteiger charge is -2.20. The summed E-state index contributed by atoms with van der Waals surface area (Å²) in [5, 5.41) is 5.79. The Bertz CT molecular complexity index is 713. The lowest BCUT2D eigenvalue weighted by molar-refractivity contribution is 0.0909. The summed E-state index contributed by atoms with van der Waals surface area (Å²) >= 11 is 0. The van der Waals surface area contributed by atoms with E-state index >= 15 is 0 Å². The molecule has 6 heteroatoms. The van der Waals surface area contributed by atoms with Gasteiger partial charge >= 0.3 is 0 Å². The Morgan fingerprint density at radius 1 is 0.692 bits per heavy atom. The zero-order valence-electron chi connectivity index (χ0n) is 16.2. The van der Waals surface area contributed by atoms with Gasteiger partial charge in [0.05, 0.1) is 22.5 Å². The van der Waals surface area contributed by atoms with Crippen molar-refractivity contribution in [2.45, 2.75) is 52.6 Å². The number of hydrogen-bond acceptors (Lipinski definition) is 4. The van der Waals surface area contributed by atoms with Gasteiger partial charge in [0, 0.05) is 23.5 Å². The third kappa shape index (κ3) is 5.65. The van der Waals surface area contributed by atoms with Crippen LogP contribution in [0.3, 0.4) is 0 Å². The molecule has 2 amide bonds. The predicted molar refractivity (Wildman–Crippen MR) is 102 cm³/mol. The van der Waals surface area contributed by atoms with Crippen LogP contribution in [0.1, 0.15) is 62.3 Å². The highest BCUT2D eigenvalue weighted by atomic mass is 16.2. The van der Waals surface area contributed by atoms with Crippen molar-refractivity contribution in [1.82, 2.24) is 20.6 Å². The van der Waals surface area contributed by atoms with Gasteiger partial charge in [-0.05, 0) is 65.8 Å². The van der Waals surface area contributed by atoms with Crippen LogP contribution >= 0.6 is 0 Å². The fourth-order valence-corrected chi connectivity index (χ4v) is 2.18. The first-order valence-corrected chi connectivity index (χ1v) is 8.52. The number of pyridine rings is 2. The standard InChI is InChI=1S/C20H26N4O2/c1-19(2,3)23-17(25)13-7-9-15(21-11-13)16-10-8-14(12-22-16)18(26)24-20(4,5)6/h7-12H,1-6H3,(H,23,25)(H,24,26). The minimum absolute atomic E-state index is 0.168. The van der Waals surface area contributed by atoms with Gasteiger partial charge in [-0.1, -0.05) is 0 Å². The van der Waals surface area contributed by atoms with Gasteiger partial charge in [0.1, 0.15) is 0 Å². The zero-order chi connectivity index (χ0) is 19.5. The number of amides is 2. The fourth-order valence-electron chi connectivity index (χ4n) is 2.18. The molecule has 0 aliphatic heterocycles. The van der Waals surface area contributed by atoms with Crippen molar-refractivity contribution < 1.29 is 9.59 Å². The Balaban J connectivity index is 2.12. The van der Waals surface area contributed by atoms with Crippen molar-refractivity contribution in [1.29, 1.82) is 0 Å². The van der Waals surface area contributed by atoms with Gasteiger partial charge in [-0.3, -0.25) is 19.6 Å². The Morgan fingerprint density at radius 3 is 1.27 bits per heavy atom. The molecule has 6 nitrogen and oxygen atoms in total. The maximum absolute atomic E-state index is 12.1. The second-order valence-corrected chi connectivity index (χ2v) is 8.27. The molecule has 2 rings (SSSR count). The van der Waals surface area contributed by atoms with Crippen molar-refractivity contribution in [3.05, 3.63) is 47.8 Å². The normalized spacial score (nSPS) is 11.8. The van der Waals surface area contributed by atoms with Crippen LogP contribution < -0.4 is 10.6 Å². The number of nitrogens with zero attached hydrogens (tertiary/aromatic N) is 2. The summed E-state index contributed by atoms with van der Waals surface area (Å²) < 4.78 is 0. The molecule has 2 heterocycles. The molecule has 0 radical (unpaired) electrons. The van der Waals surface area contributed by atoms with E-state index in [0.29, 0.717) is 22.5 Å². The van der Waals surface area contributed by atoms with E-state index in [1.807, 2.05) is 41.5 Å². The number of nitrogens with one attached hydrogen (secondary N) is 2. The van der Waals surface area contributed by atoms with Gasteiger partial charge in [-0.15, -0.1) is 0 Å². The number of carbonyl (C=O) groups excluding carboxylic acids is 2. The summed E-state index contributed by atoms with van der Waals surface area (Å²) in [7, 11) is 0. The number of hydrogen-bond donors (Lipinski definition) is 2. The van der Waals surface area contributed by atoms with Gasteiger partial charge in [-0.2, -0.15) is 0 Å². The smallest absolute Gasteiger partial charge is 0.253 e. The first-order valence-electron chi connectivity index (χ1n) is 8.52.